The molecular weight excluding hydrogens is 326 g/mol. The highest BCUT2D eigenvalue weighted by Crippen LogP contribution is 2.22. The third-order valence-corrected chi connectivity index (χ3v) is 5.81. The van der Waals surface area contributed by atoms with Crippen LogP contribution >= 0.6 is 0 Å². The van der Waals surface area contributed by atoms with Crippen LogP contribution in [0.1, 0.15) is 26.7 Å². The van der Waals surface area contributed by atoms with E-state index in [1.165, 1.54) is 18.2 Å². The quantitative estimate of drug-likeness (QED) is 0.734. The maximum Gasteiger partial charge on any atom is 0.240 e. The molecular formula is C14H23NO5S2. The van der Waals surface area contributed by atoms with Crippen LogP contribution in [0, 0.1) is 5.41 Å². The second kappa shape index (κ2) is 7.08. The summed E-state index contributed by atoms with van der Waals surface area (Å²) in [5.41, 5.74) is -0.301. The SMILES string of the molecule is CC(C)(CCCO)CNS(=O)(=O)c1cccc(S(C)(=O)=O)c1. The van der Waals surface area contributed by atoms with Gasteiger partial charge in [0.2, 0.25) is 10.0 Å². The van der Waals surface area contributed by atoms with Crippen LogP contribution in [0.4, 0.5) is 0 Å². The van der Waals surface area contributed by atoms with Gasteiger partial charge in [0, 0.05) is 19.4 Å². The average Bonchev–Trinajstić information content (AvgIpc) is 2.43. The van der Waals surface area contributed by atoms with Crippen molar-refractivity contribution in [3.63, 3.8) is 0 Å². The summed E-state index contributed by atoms with van der Waals surface area (Å²) in [7, 11) is -7.24. The lowest BCUT2D eigenvalue weighted by Gasteiger charge is -2.24. The van der Waals surface area contributed by atoms with E-state index in [0.29, 0.717) is 12.8 Å². The number of sulfone groups is 1. The minimum Gasteiger partial charge on any atom is -0.396 e. The van der Waals surface area contributed by atoms with Crippen LogP contribution in [0.3, 0.4) is 0 Å². The highest BCUT2D eigenvalue weighted by Gasteiger charge is 2.23. The van der Waals surface area contributed by atoms with Gasteiger partial charge in [-0.05, 0) is 36.5 Å². The Morgan fingerprint density at radius 1 is 1.14 bits per heavy atom. The molecule has 0 spiro atoms. The summed E-state index contributed by atoms with van der Waals surface area (Å²) in [6, 6.07) is 5.28. The number of nitrogens with one attached hydrogen (secondary N) is 1. The van der Waals surface area contributed by atoms with Crippen molar-refractivity contribution in [1.82, 2.24) is 4.72 Å². The average molecular weight is 349 g/mol. The Morgan fingerprint density at radius 2 is 1.73 bits per heavy atom. The molecule has 0 aliphatic rings. The number of rotatable bonds is 8. The first-order valence-corrected chi connectivity index (χ1v) is 10.3. The fraction of sp³-hybridized carbons (Fsp3) is 0.571. The van der Waals surface area contributed by atoms with Crippen LogP contribution in [-0.2, 0) is 19.9 Å². The van der Waals surface area contributed by atoms with Crippen LogP contribution in [0.25, 0.3) is 0 Å². The summed E-state index contributed by atoms with van der Waals surface area (Å²) in [6.45, 7) is 4.07. The van der Waals surface area contributed by atoms with E-state index in [-0.39, 0.29) is 28.4 Å². The van der Waals surface area contributed by atoms with Crippen LogP contribution in [0.5, 0.6) is 0 Å². The Bertz CT molecular complexity index is 709. The fourth-order valence-corrected chi connectivity index (χ4v) is 3.92. The first-order chi connectivity index (χ1) is 9.98. The molecule has 0 atom stereocenters. The minimum atomic E-state index is -3.78. The van der Waals surface area contributed by atoms with E-state index in [0.717, 1.165) is 12.3 Å². The lowest BCUT2D eigenvalue weighted by atomic mass is 9.88. The van der Waals surface area contributed by atoms with Crippen molar-refractivity contribution >= 4 is 19.9 Å². The Balaban J connectivity index is 2.92. The summed E-state index contributed by atoms with van der Waals surface area (Å²) < 4.78 is 50.1. The monoisotopic (exact) mass is 349 g/mol. The van der Waals surface area contributed by atoms with E-state index in [2.05, 4.69) is 4.72 Å². The van der Waals surface area contributed by atoms with Crippen molar-refractivity contribution in [3.8, 4) is 0 Å². The molecule has 2 N–H and O–H groups in total. The number of benzene rings is 1. The topological polar surface area (TPSA) is 101 Å². The molecule has 0 heterocycles. The number of aliphatic hydroxyl groups excluding tert-OH is 1. The second-order valence-corrected chi connectivity index (χ2v) is 9.85. The van der Waals surface area contributed by atoms with Crippen molar-refractivity contribution < 1.29 is 21.9 Å². The molecule has 0 bridgehead atoms. The van der Waals surface area contributed by atoms with Crippen molar-refractivity contribution in [2.75, 3.05) is 19.4 Å². The molecule has 0 radical (unpaired) electrons. The predicted octanol–water partition coefficient (Wildman–Crippen LogP) is 1.17. The van der Waals surface area contributed by atoms with Crippen molar-refractivity contribution in [2.45, 2.75) is 36.5 Å². The molecule has 0 saturated heterocycles. The van der Waals surface area contributed by atoms with Gasteiger partial charge < -0.3 is 5.11 Å². The van der Waals surface area contributed by atoms with Gasteiger partial charge in [-0.25, -0.2) is 21.6 Å². The molecule has 0 aliphatic carbocycles. The first-order valence-electron chi connectivity index (χ1n) is 6.89. The molecule has 0 unspecified atom stereocenters. The molecule has 1 aromatic carbocycles. The lowest BCUT2D eigenvalue weighted by Crippen LogP contribution is -2.34. The Kier molecular flexibility index (Phi) is 6.14. The van der Waals surface area contributed by atoms with E-state index >= 15 is 0 Å². The third kappa shape index (κ3) is 5.68. The summed E-state index contributed by atoms with van der Waals surface area (Å²) in [5.74, 6) is 0. The van der Waals surface area contributed by atoms with Gasteiger partial charge in [-0.2, -0.15) is 0 Å². The predicted molar refractivity (Wildman–Crippen MR) is 84.8 cm³/mol. The molecule has 6 nitrogen and oxygen atoms in total. The molecule has 126 valence electrons. The molecule has 0 saturated carbocycles. The molecule has 22 heavy (non-hydrogen) atoms. The summed E-state index contributed by atoms with van der Waals surface area (Å²) >= 11 is 0. The van der Waals surface area contributed by atoms with E-state index in [1.807, 2.05) is 13.8 Å². The summed E-state index contributed by atoms with van der Waals surface area (Å²) in [5, 5.41) is 8.85. The first kappa shape index (κ1) is 19.1. The van der Waals surface area contributed by atoms with Crippen molar-refractivity contribution in [1.29, 1.82) is 0 Å². The standard InChI is InChI=1S/C14H23NO5S2/c1-14(2,8-5-9-16)11-15-22(19,20)13-7-4-6-12(10-13)21(3,17)18/h4,6-7,10,15-16H,5,8-9,11H2,1-3H3. The van der Waals surface area contributed by atoms with Crippen molar-refractivity contribution in [2.24, 2.45) is 5.41 Å². The van der Waals surface area contributed by atoms with Gasteiger partial charge in [0.05, 0.1) is 9.79 Å². The van der Waals surface area contributed by atoms with Crippen LogP contribution in [-0.4, -0.2) is 41.3 Å². The second-order valence-electron chi connectivity index (χ2n) is 6.06. The summed E-state index contributed by atoms with van der Waals surface area (Å²) in [4.78, 5) is -0.108. The number of sulfonamides is 1. The van der Waals surface area contributed by atoms with E-state index < -0.39 is 19.9 Å². The maximum absolute atomic E-state index is 12.3. The number of aliphatic hydroxyl groups is 1. The Morgan fingerprint density at radius 3 is 2.27 bits per heavy atom. The molecule has 0 aliphatic heterocycles. The zero-order valence-electron chi connectivity index (χ0n) is 13.0. The largest absolute Gasteiger partial charge is 0.396 e. The smallest absolute Gasteiger partial charge is 0.240 e. The third-order valence-electron chi connectivity index (χ3n) is 3.30. The Hall–Kier alpha value is -0.960. The number of hydrogen-bond donors (Lipinski definition) is 2. The Labute approximate surface area is 132 Å². The van der Waals surface area contributed by atoms with Gasteiger partial charge in [-0.3, -0.25) is 0 Å². The fourth-order valence-electron chi connectivity index (χ4n) is 1.89. The van der Waals surface area contributed by atoms with Gasteiger partial charge >= 0.3 is 0 Å². The van der Waals surface area contributed by atoms with Gasteiger partial charge in [0.1, 0.15) is 0 Å². The lowest BCUT2D eigenvalue weighted by molar-refractivity contribution is 0.242. The molecule has 0 fully saturated rings. The number of hydrogen-bond acceptors (Lipinski definition) is 5. The van der Waals surface area contributed by atoms with Gasteiger partial charge in [-0.1, -0.05) is 19.9 Å². The van der Waals surface area contributed by atoms with Gasteiger partial charge in [0.15, 0.2) is 9.84 Å². The molecule has 8 heteroatoms. The van der Waals surface area contributed by atoms with Gasteiger partial charge in [-0.15, -0.1) is 0 Å². The molecule has 0 amide bonds. The minimum absolute atomic E-state index is 0.0325. The molecule has 0 aromatic heterocycles. The van der Waals surface area contributed by atoms with E-state index in [9.17, 15) is 16.8 Å². The highest BCUT2D eigenvalue weighted by atomic mass is 32.2. The van der Waals surface area contributed by atoms with Crippen molar-refractivity contribution in [3.05, 3.63) is 24.3 Å². The normalized spacial score (nSPS) is 13.3. The van der Waals surface area contributed by atoms with Gasteiger partial charge in [0.25, 0.3) is 0 Å². The maximum atomic E-state index is 12.3. The van der Waals surface area contributed by atoms with E-state index in [1.54, 1.807) is 0 Å². The summed E-state index contributed by atoms with van der Waals surface area (Å²) in [6.07, 6.45) is 2.30. The van der Waals surface area contributed by atoms with Crippen LogP contribution < -0.4 is 4.72 Å². The zero-order chi connectivity index (χ0) is 17.0. The molecule has 1 aromatic rings. The molecule has 1 rings (SSSR count). The highest BCUT2D eigenvalue weighted by molar-refractivity contribution is 7.91. The van der Waals surface area contributed by atoms with Crippen LogP contribution in [0.2, 0.25) is 0 Å². The zero-order valence-corrected chi connectivity index (χ0v) is 14.7. The van der Waals surface area contributed by atoms with Crippen LogP contribution in [0.15, 0.2) is 34.1 Å². The van der Waals surface area contributed by atoms with E-state index in [4.69, 9.17) is 5.11 Å².